The van der Waals surface area contributed by atoms with Gasteiger partial charge in [-0.1, -0.05) is 12.2 Å². The molecule has 0 spiro atoms. The van der Waals surface area contributed by atoms with Crippen molar-refractivity contribution in [3.05, 3.63) is 23.8 Å². The number of ketones is 1. The Bertz CT molecular complexity index is 290. The Morgan fingerprint density at radius 3 is 2.57 bits per heavy atom. The fraction of sp³-hybridized carbons (Fsp3) is 0.400. The molecule has 0 aromatic carbocycles. The van der Waals surface area contributed by atoms with Gasteiger partial charge in [0, 0.05) is 11.8 Å². The predicted octanol–water partition coefficient (Wildman–Crippen LogP) is 1.42. The zero-order valence-corrected chi connectivity index (χ0v) is 7.45. The maximum absolute atomic E-state index is 12.3. The molecule has 1 aliphatic rings. The molecule has 0 radical (unpaired) electrons. The van der Waals surface area contributed by atoms with Crippen LogP contribution in [0, 0.1) is 11.8 Å². The van der Waals surface area contributed by atoms with Crippen LogP contribution in [-0.4, -0.2) is 25.4 Å². The summed E-state index contributed by atoms with van der Waals surface area (Å²) in [4.78, 5) is 21.8. The molecule has 2 nitrogen and oxygen atoms in total. The number of hydrogen-bond donors (Lipinski definition) is 0. The zero-order valence-electron chi connectivity index (χ0n) is 7.45. The number of halogens is 2. The van der Waals surface area contributed by atoms with Crippen LogP contribution in [-0.2, 0) is 9.59 Å². The molecule has 0 aliphatic heterocycles. The number of hydrogen-bond acceptors (Lipinski definition) is 2. The van der Waals surface area contributed by atoms with E-state index in [-0.39, 0.29) is 5.57 Å². The van der Waals surface area contributed by atoms with Gasteiger partial charge in [-0.25, -0.2) is 0 Å². The molecule has 0 amide bonds. The van der Waals surface area contributed by atoms with Crippen LogP contribution in [0.15, 0.2) is 23.8 Å². The van der Waals surface area contributed by atoms with Gasteiger partial charge in [-0.2, -0.15) is 0 Å². The average molecular weight is 200 g/mol. The number of alkyl halides is 2. The van der Waals surface area contributed by atoms with Crippen LogP contribution in [0.2, 0.25) is 0 Å². The van der Waals surface area contributed by atoms with E-state index in [2.05, 4.69) is 0 Å². The van der Waals surface area contributed by atoms with E-state index in [0.29, 0.717) is 6.29 Å². The highest BCUT2D eigenvalue weighted by atomic mass is 19.1. The fourth-order valence-corrected chi connectivity index (χ4v) is 1.34. The second-order valence-electron chi connectivity index (χ2n) is 3.08. The number of Topliss-reactive ketones (excluding diaryl/α,β-unsaturated/α-hetero) is 1. The number of aldehydes is 1. The van der Waals surface area contributed by atoms with Crippen molar-refractivity contribution in [2.75, 3.05) is 13.3 Å². The molecule has 0 saturated heterocycles. The van der Waals surface area contributed by atoms with E-state index >= 15 is 0 Å². The Labute approximate surface area is 80.3 Å². The molecule has 0 fully saturated rings. The summed E-state index contributed by atoms with van der Waals surface area (Å²) in [5.41, 5.74) is -0.0237. The van der Waals surface area contributed by atoms with Gasteiger partial charge in [0.15, 0.2) is 12.1 Å². The first-order valence-corrected chi connectivity index (χ1v) is 4.24. The summed E-state index contributed by atoms with van der Waals surface area (Å²) in [5.74, 6) is -2.31. The minimum atomic E-state index is -0.970. The smallest absolute Gasteiger partial charge is 0.173 e. The van der Waals surface area contributed by atoms with Crippen molar-refractivity contribution in [3.63, 3.8) is 0 Å². The summed E-state index contributed by atoms with van der Waals surface area (Å²) in [5, 5.41) is 0. The van der Waals surface area contributed by atoms with Gasteiger partial charge in [0.1, 0.15) is 0 Å². The first-order chi connectivity index (χ1) is 6.74. The van der Waals surface area contributed by atoms with Crippen molar-refractivity contribution in [3.8, 4) is 0 Å². The Balaban J connectivity index is 2.84. The molecule has 76 valence electrons. The van der Waals surface area contributed by atoms with E-state index < -0.39 is 31.0 Å². The SMILES string of the molecule is O=CC1=CC=CC(C(CF)CF)C1=O. The molecule has 0 N–H and O–H groups in total. The van der Waals surface area contributed by atoms with E-state index in [1.165, 1.54) is 18.2 Å². The lowest BCUT2D eigenvalue weighted by molar-refractivity contribution is -0.121. The largest absolute Gasteiger partial charge is 0.298 e. The van der Waals surface area contributed by atoms with E-state index in [4.69, 9.17) is 0 Å². The highest BCUT2D eigenvalue weighted by Gasteiger charge is 2.29. The molecule has 1 aliphatic carbocycles. The third kappa shape index (κ3) is 1.95. The van der Waals surface area contributed by atoms with Gasteiger partial charge in [-0.05, 0) is 6.08 Å². The van der Waals surface area contributed by atoms with Gasteiger partial charge in [-0.3, -0.25) is 18.4 Å². The first kappa shape index (κ1) is 10.8. The lowest BCUT2D eigenvalue weighted by Gasteiger charge is -2.19. The van der Waals surface area contributed by atoms with Gasteiger partial charge in [0.05, 0.1) is 18.9 Å². The van der Waals surface area contributed by atoms with Crippen LogP contribution >= 0.6 is 0 Å². The van der Waals surface area contributed by atoms with Crippen LogP contribution in [0.3, 0.4) is 0 Å². The molecule has 0 heterocycles. The van der Waals surface area contributed by atoms with Gasteiger partial charge in [-0.15, -0.1) is 0 Å². The molecule has 1 unspecified atom stereocenters. The zero-order chi connectivity index (χ0) is 10.6. The summed E-state index contributed by atoms with van der Waals surface area (Å²) in [6.45, 7) is -1.80. The maximum atomic E-state index is 12.3. The highest BCUT2D eigenvalue weighted by Crippen LogP contribution is 2.22. The molecule has 0 saturated carbocycles. The highest BCUT2D eigenvalue weighted by molar-refractivity contribution is 6.14. The standard InChI is InChI=1S/C10H10F2O2/c11-4-8(5-12)9-3-1-2-7(6-13)10(9)14/h1-3,6,8-9H,4-5H2. The second kappa shape index (κ2) is 4.79. The third-order valence-electron chi connectivity index (χ3n) is 2.21. The lowest BCUT2D eigenvalue weighted by Crippen LogP contribution is -2.28. The Morgan fingerprint density at radius 1 is 1.43 bits per heavy atom. The number of carbonyl (C=O) groups excluding carboxylic acids is 2. The molecule has 0 bridgehead atoms. The van der Waals surface area contributed by atoms with Crippen molar-refractivity contribution in [2.45, 2.75) is 0 Å². The van der Waals surface area contributed by atoms with Crippen molar-refractivity contribution < 1.29 is 18.4 Å². The monoisotopic (exact) mass is 200 g/mol. The predicted molar refractivity (Wildman–Crippen MR) is 47.2 cm³/mol. The van der Waals surface area contributed by atoms with Crippen LogP contribution in [0.4, 0.5) is 8.78 Å². The minimum Gasteiger partial charge on any atom is -0.298 e. The first-order valence-electron chi connectivity index (χ1n) is 4.24. The number of carbonyl (C=O) groups is 2. The topological polar surface area (TPSA) is 34.1 Å². The lowest BCUT2D eigenvalue weighted by atomic mass is 9.84. The molecule has 0 aromatic rings. The fourth-order valence-electron chi connectivity index (χ4n) is 1.34. The average Bonchev–Trinajstić information content (AvgIpc) is 2.22. The van der Waals surface area contributed by atoms with Crippen LogP contribution in [0.25, 0.3) is 0 Å². The van der Waals surface area contributed by atoms with Gasteiger partial charge in [0.2, 0.25) is 0 Å². The van der Waals surface area contributed by atoms with E-state index in [1.54, 1.807) is 0 Å². The van der Waals surface area contributed by atoms with Gasteiger partial charge in [0.25, 0.3) is 0 Å². The summed E-state index contributed by atoms with van der Waals surface area (Å²) in [7, 11) is 0. The van der Waals surface area contributed by atoms with Crippen LogP contribution in [0.1, 0.15) is 0 Å². The molecule has 14 heavy (non-hydrogen) atoms. The molecular formula is C10H10F2O2. The van der Waals surface area contributed by atoms with Crippen molar-refractivity contribution in [1.29, 1.82) is 0 Å². The molecular weight excluding hydrogens is 190 g/mol. The maximum Gasteiger partial charge on any atom is 0.173 e. The second-order valence-corrected chi connectivity index (χ2v) is 3.08. The molecule has 1 atom stereocenters. The van der Waals surface area contributed by atoms with Crippen LogP contribution in [0.5, 0.6) is 0 Å². The van der Waals surface area contributed by atoms with Crippen molar-refractivity contribution in [2.24, 2.45) is 11.8 Å². The van der Waals surface area contributed by atoms with Crippen molar-refractivity contribution in [1.82, 2.24) is 0 Å². The normalized spacial score (nSPS) is 21.2. The molecule has 4 heteroatoms. The Hall–Kier alpha value is -1.32. The molecule has 0 aromatic heterocycles. The number of allylic oxidation sites excluding steroid dienone is 4. The van der Waals surface area contributed by atoms with E-state index in [9.17, 15) is 18.4 Å². The Kier molecular flexibility index (Phi) is 3.68. The molecule has 1 rings (SSSR count). The summed E-state index contributed by atoms with van der Waals surface area (Å²) in [6.07, 6.45) is 4.67. The Morgan fingerprint density at radius 2 is 2.07 bits per heavy atom. The summed E-state index contributed by atoms with van der Waals surface area (Å²) >= 11 is 0. The van der Waals surface area contributed by atoms with E-state index in [0.717, 1.165) is 0 Å². The van der Waals surface area contributed by atoms with Gasteiger partial charge < -0.3 is 0 Å². The van der Waals surface area contributed by atoms with Gasteiger partial charge >= 0.3 is 0 Å². The third-order valence-corrected chi connectivity index (χ3v) is 2.21. The van der Waals surface area contributed by atoms with Crippen molar-refractivity contribution >= 4 is 12.1 Å². The van der Waals surface area contributed by atoms with E-state index in [1.807, 2.05) is 0 Å². The minimum absolute atomic E-state index is 0.0237. The van der Waals surface area contributed by atoms with Crippen LogP contribution < -0.4 is 0 Å². The quantitative estimate of drug-likeness (QED) is 0.508. The summed E-state index contributed by atoms with van der Waals surface area (Å²) < 4.78 is 24.6. The number of rotatable bonds is 4. The summed E-state index contributed by atoms with van der Waals surface area (Å²) in [6, 6.07) is 0.